The lowest BCUT2D eigenvalue weighted by Gasteiger charge is -2.49. The molecule has 176 valence electrons. The molecule has 5 rings (SSSR count). The second kappa shape index (κ2) is 7.69. The number of allylic oxidation sites excluding steroid dienone is 4. The van der Waals surface area contributed by atoms with E-state index in [4.69, 9.17) is 0 Å². The number of phenolic OH excluding ortho intramolecular Hbond substituents is 1. The number of benzene rings is 2. The first kappa shape index (κ1) is 22.6. The SMILES string of the molecule is Cc1ccc(N2C3=C(C(=O)CC(C)(C)C3)C(c3ccccc3O)C3=C2CC(C)(C)CC3=O)cc1. The van der Waals surface area contributed by atoms with Crippen molar-refractivity contribution < 1.29 is 14.7 Å². The number of aryl methyl sites for hydroxylation is 1. The number of ketones is 2. The van der Waals surface area contributed by atoms with Crippen LogP contribution in [0.4, 0.5) is 5.69 Å². The van der Waals surface area contributed by atoms with Gasteiger partial charge in [-0.05, 0) is 48.8 Å². The number of nitrogens with zero attached hydrogens (tertiary/aromatic N) is 1. The number of carbonyl (C=O) groups is 2. The van der Waals surface area contributed by atoms with Crippen LogP contribution in [0.2, 0.25) is 0 Å². The highest BCUT2D eigenvalue weighted by atomic mass is 16.3. The van der Waals surface area contributed by atoms with E-state index in [2.05, 4.69) is 63.8 Å². The van der Waals surface area contributed by atoms with Crippen LogP contribution in [0.25, 0.3) is 0 Å². The Kier molecular flexibility index (Phi) is 5.12. The van der Waals surface area contributed by atoms with Gasteiger partial charge in [-0.25, -0.2) is 0 Å². The van der Waals surface area contributed by atoms with E-state index in [9.17, 15) is 14.7 Å². The molecule has 3 aliphatic rings. The topological polar surface area (TPSA) is 57.6 Å². The normalized spacial score (nSPS) is 22.1. The summed E-state index contributed by atoms with van der Waals surface area (Å²) >= 11 is 0. The second-order valence-electron chi connectivity index (χ2n) is 11.8. The van der Waals surface area contributed by atoms with Gasteiger partial charge in [0.1, 0.15) is 5.75 Å². The minimum atomic E-state index is -0.528. The van der Waals surface area contributed by atoms with E-state index in [0.717, 1.165) is 35.5 Å². The fourth-order valence-electron chi connectivity index (χ4n) is 6.01. The zero-order chi connectivity index (χ0) is 24.4. The van der Waals surface area contributed by atoms with Crippen molar-refractivity contribution in [3.05, 3.63) is 82.2 Å². The van der Waals surface area contributed by atoms with Gasteiger partial charge in [0.25, 0.3) is 0 Å². The van der Waals surface area contributed by atoms with Crippen molar-refractivity contribution in [2.45, 2.75) is 66.2 Å². The summed E-state index contributed by atoms with van der Waals surface area (Å²) < 4.78 is 0. The summed E-state index contributed by atoms with van der Waals surface area (Å²) in [6, 6.07) is 15.5. The third-order valence-corrected chi connectivity index (χ3v) is 7.45. The first-order chi connectivity index (χ1) is 16.0. The predicted molar refractivity (Wildman–Crippen MR) is 135 cm³/mol. The smallest absolute Gasteiger partial charge is 0.162 e. The number of phenols is 1. The Bertz CT molecular complexity index is 1210. The molecule has 0 bridgehead atoms. The summed E-state index contributed by atoms with van der Waals surface area (Å²) in [5.41, 5.74) is 5.72. The number of hydrogen-bond acceptors (Lipinski definition) is 4. The van der Waals surface area contributed by atoms with Crippen LogP contribution in [0.3, 0.4) is 0 Å². The molecule has 2 aliphatic carbocycles. The van der Waals surface area contributed by atoms with E-state index < -0.39 is 5.92 Å². The van der Waals surface area contributed by atoms with Crippen LogP contribution in [0, 0.1) is 17.8 Å². The van der Waals surface area contributed by atoms with Crippen molar-refractivity contribution in [2.75, 3.05) is 4.90 Å². The third-order valence-electron chi connectivity index (χ3n) is 7.45. The predicted octanol–water partition coefficient (Wildman–Crippen LogP) is 6.59. The molecular formula is C30H33NO3. The fraction of sp³-hybridized carbons (Fsp3) is 0.400. The van der Waals surface area contributed by atoms with Crippen LogP contribution in [-0.2, 0) is 9.59 Å². The number of Topliss-reactive ketones (excluding diaryl/α,β-unsaturated/α-hetero) is 2. The summed E-state index contributed by atoms with van der Waals surface area (Å²) in [6.45, 7) is 10.6. The summed E-state index contributed by atoms with van der Waals surface area (Å²) in [6.07, 6.45) is 2.33. The van der Waals surface area contributed by atoms with Gasteiger partial charge in [-0.2, -0.15) is 0 Å². The molecule has 4 nitrogen and oxygen atoms in total. The molecule has 0 unspecified atom stereocenters. The molecule has 2 aromatic carbocycles. The van der Waals surface area contributed by atoms with Crippen LogP contribution in [-0.4, -0.2) is 16.7 Å². The molecule has 0 radical (unpaired) electrons. The largest absolute Gasteiger partial charge is 0.508 e. The van der Waals surface area contributed by atoms with Gasteiger partial charge < -0.3 is 10.0 Å². The van der Waals surface area contributed by atoms with Gasteiger partial charge in [0, 0.05) is 52.6 Å². The lowest BCUT2D eigenvalue weighted by atomic mass is 9.63. The average Bonchev–Trinajstić information content (AvgIpc) is 2.72. The van der Waals surface area contributed by atoms with Crippen molar-refractivity contribution in [1.82, 2.24) is 0 Å². The Labute approximate surface area is 202 Å². The van der Waals surface area contributed by atoms with E-state index in [1.807, 2.05) is 12.1 Å². The van der Waals surface area contributed by atoms with Crippen molar-refractivity contribution in [3.63, 3.8) is 0 Å². The standard InChI is InChI=1S/C30H33NO3/c1-18-10-12-19(13-11-18)31-21-14-29(2,3)16-24(33)27(21)26(20-8-6-7-9-23(20)32)28-22(31)15-30(4,5)17-25(28)34/h6-13,26,32H,14-17H2,1-5H3. The maximum absolute atomic E-state index is 13.8. The molecule has 1 N–H and O–H groups in total. The van der Waals surface area contributed by atoms with Crippen molar-refractivity contribution in [2.24, 2.45) is 10.8 Å². The third kappa shape index (κ3) is 3.70. The molecule has 0 amide bonds. The molecule has 0 saturated heterocycles. The molecule has 1 heterocycles. The van der Waals surface area contributed by atoms with Crippen molar-refractivity contribution in [3.8, 4) is 5.75 Å². The number of anilines is 1. The van der Waals surface area contributed by atoms with Gasteiger partial charge >= 0.3 is 0 Å². The van der Waals surface area contributed by atoms with Gasteiger partial charge in [-0.3, -0.25) is 9.59 Å². The van der Waals surface area contributed by atoms with Crippen LogP contribution in [0.1, 0.15) is 70.4 Å². The average molecular weight is 456 g/mol. The van der Waals surface area contributed by atoms with Crippen LogP contribution in [0.5, 0.6) is 5.75 Å². The van der Waals surface area contributed by atoms with E-state index >= 15 is 0 Å². The monoisotopic (exact) mass is 455 g/mol. The van der Waals surface area contributed by atoms with Crippen LogP contribution in [0.15, 0.2) is 71.1 Å². The molecule has 34 heavy (non-hydrogen) atoms. The molecule has 0 saturated carbocycles. The van der Waals surface area contributed by atoms with Crippen LogP contribution >= 0.6 is 0 Å². The Balaban J connectivity index is 1.85. The highest BCUT2D eigenvalue weighted by Gasteiger charge is 2.49. The van der Waals surface area contributed by atoms with Crippen molar-refractivity contribution in [1.29, 1.82) is 0 Å². The number of aromatic hydroxyl groups is 1. The summed E-state index contributed by atoms with van der Waals surface area (Å²) in [7, 11) is 0. The number of rotatable bonds is 2. The maximum atomic E-state index is 13.8. The lowest BCUT2D eigenvalue weighted by molar-refractivity contribution is -0.119. The Morgan fingerprint density at radius 1 is 0.765 bits per heavy atom. The maximum Gasteiger partial charge on any atom is 0.162 e. The zero-order valence-electron chi connectivity index (χ0n) is 20.7. The van der Waals surface area contributed by atoms with Gasteiger partial charge in [-0.1, -0.05) is 63.6 Å². The van der Waals surface area contributed by atoms with Gasteiger partial charge in [0.15, 0.2) is 11.6 Å². The fourth-order valence-corrected chi connectivity index (χ4v) is 6.01. The van der Waals surface area contributed by atoms with Gasteiger partial charge in [-0.15, -0.1) is 0 Å². The van der Waals surface area contributed by atoms with E-state index in [-0.39, 0.29) is 28.1 Å². The summed E-state index contributed by atoms with van der Waals surface area (Å²) in [5.74, 6) is -0.257. The highest BCUT2D eigenvalue weighted by molar-refractivity contribution is 6.08. The molecule has 0 aromatic heterocycles. The van der Waals surface area contributed by atoms with Crippen LogP contribution < -0.4 is 4.90 Å². The lowest BCUT2D eigenvalue weighted by Crippen LogP contribution is -2.44. The first-order valence-corrected chi connectivity index (χ1v) is 12.1. The Hall–Kier alpha value is -3.14. The molecule has 2 aromatic rings. The van der Waals surface area contributed by atoms with Gasteiger partial charge in [0.05, 0.1) is 0 Å². The molecule has 4 heteroatoms. The van der Waals surface area contributed by atoms with E-state index in [1.54, 1.807) is 12.1 Å². The molecule has 0 spiro atoms. The highest BCUT2D eigenvalue weighted by Crippen LogP contribution is 2.56. The Morgan fingerprint density at radius 2 is 1.26 bits per heavy atom. The van der Waals surface area contributed by atoms with Gasteiger partial charge in [0.2, 0.25) is 0 Å². The summed E-state index contributed by atoms with van der Waals surface area (Å²) in [5, 5.41) is 10.9. The number of carbonyl (C=O) groups excluding carboxylic acids is 2. The number of hydrogen-bond donors (Lipinski definition) is 1. The molecule has 0 atom stereocenters. The van der Waals surface area contributed by atoms with E-state index in [1.165, 1.54) is 0 Å². The second-order valence-corrected chi connectivity index (χ2v) is 11.8. The molecular weight excluding hydrogens is 422 g/mol. The minimum absolute atomic E-state index is 0.0702. The zero-order valence-corrected chi connectivity index (χ0v) is 20.7. The Morgan fingerprint density at radius 3 is 1.76 bits per heavy atom. The number of para-hydroxylation sites is 1. The molecule has 0 fully saturated rings. The first-order valence-electron chi connectivity index (χ1n) is 12.1. The minimum Gasteiger partial charge on any atom is -0.508 e. The summed E-state index contributed by atoms with van der Waals surface area (Å²) in [4.78, 5) is 29.8. The molecule has 1 aliphatic heterocycles. The van der Waals surface area contributed by atoms with E-state index in [0.29, 0.717) is 29.6 Å². The van der Waals surface area contributed by atoms with Crippen molar-refractivity contribution >= 4 is 17.3 Å². The quantitative estimate of drug-likeness (QED) is 0.555.